The lowest BCUT2D eigenvalue weighted by Crippen LogP contribution is -2.51. The van der Waals surface area contributed by atoms with Crippen molar-refractivity contribution in [1.82, 2.24) is 24.4 Å². The Kier molecular flexibility index (Phi) is 5.14. The molecule has 1 N–H and O–H groups in total. The first-order valence-electron chi connectivity index (χ1n) is 8.23. The van der Waals surface area contributed by atoms with Crippen LogP contribution in [0.15, 0.2) is 41.8 Å². The summed E-state index contributed by atoms with van der Waals surface area (Å²) in [6, 6.07) is 9.68. The van der Waals surface area contributed by atoms with Crippen molar-refractivity contribution < 1.29 is 13.2 Å². The van der Waals surface area contributed by atoms with Crippen molar-refractivity contribution in [1.29, 1.82) is 0 Å². The summed E-state index contributed by atoms with van der Waals surface area (Å²) in [7, 11) is -3.68. The Morgan fingerprint density at radius 1 is 1.20 bits per heavy atom. The van der Waals surface area contributed by atoms with Crippen molar-refractivity contribution in [3.63, 3.8) is 0 Å². The lowest BCUT2D eigenvalue weighted by atomic mass is 9.95. The first kappa shape index (κ1) is 17.6. The minimum absolute atomic E-state index is 0.0467. The van der Waals surface area contributed by atoms with Gasteiger partial charge in [-0.2, -0.15) is 9.40 Å². The van der Waals surface area contributed by atoms with Crippen LogP contribution in [-0.2, 0) is 14.8 Å². The van der Waals surface area contributed by atoms with Crippen molar-refractivity contribution in [3.8, 4) is 0 Å². The van der Waals surface area contributed by atoms with Crippen LogP contribution in [0, 0.1) is 0 Å². The van der Waals surface area contributed by atoms with Gasteiger partial charge < -0.3 is 4.90 Å². The van der Waals surface area contributed by atoms with E-state index >= 15 is 0 Å². The number of rotatable bonds is 5. The monoisotopic (exact) mass is 363 g/mol. The molecule has 0 saturated carbocycles. The summed E-state index contributed by atoms with van der Waals surface area (Å²) >= 11 is 0. The standard InChI is InChI=1S/C16H21N5O3S/c1-2-14(13-6-4-3-5-7-13)15(22)20-8-10-21(11-9-20)25(23,24)16-17-12-18-19-16/h3-7,12,14H,2,8-11H2,1H3,(H,17,18,19). The summed E-state index contributed by atoms with van der Waals surface area (Å²) in [6.07, 6.45) is 1.87. The molecule has 1 aromatic carbocycles. The molecular weight excluding hydrogens is 342 g/mol. The molecule has 0 bridgehead atoms. The molecule has 134 valence electrons. The Hall–Kier alpha value is -2.26. The molecule has 0 spiro atoms. The van der Waals surface area contributed by atoms with Gasteiger partial charge in [0, 0.05) is 26.2 Å². The van der Waals surface area contributed by atoms with Gasteiger partial charge in [0.05, 0.1) is 5.92 Å². The zero-order chi connectivity index (χ0) is 17.9. The van der Waals surface area contributed by atoms with Gasteiger partial charge >= 0.3 is 0 Å². The number of amides is 1. The molecule has 1 unspecified atom stereocenters. The van der Waals surface area contributed by atoms with E-state index in [1.165, 1.54) is 10.6 Å². The van der Waals surface area contributed by atoms with Gasteiger partial charge in [-0.3, -0.25) is 4.79 Å². The highest BCUT2D eigenvalue weighted by atomic mass is 32.2. The number of hydrogen-bond donors (Lipinski definition) is 1. The topological polar surface area (TPSA) is 99.3 Å². The fourth-order valence-electron chi connectivity index (χ4n) is 3.05. The molecule has 9 heteroatoms. The maximum Gasteiger partial charge on any atom is 0.278 e. The molecule has 1 atom stereocenters. The molecule has 1 aliphatic rings. The maximum absolute atomic E-state index is 12.8. The van der Waals surface area contributed by atoms with E-state index in [-0.39, 0.29) is 30.1 Å². The Labute approximate surface area is 146 Å². The number of benzene rings is 1. The quantitative estimate of drug-likeness (QED) is 0.848. The number of hydrogen-bond acceptors (Lipinski definition) is 5. The van der Waals surface area contributed by atoms with E-state index in [2.05, 4.69) is 15.2 Å². The number of aromatic nitrogens is 3. The Morgan fingerprint density at radius 3 is 2.44 bits per heavy atom. The third-order valence-electron chi connectivity index (χ3n) is 4.44. The number of carbonyl (C=O) groups excluding carboxylic acids is 1. The number of nitrogens with one attached hydrogen (secondary N) is 1. The molecule has 0 radical (unpaired) electrons. The predicted molar refractivity (Wildman–Crippen MR) is 91.2 cm³/mol. The Bertz CT molecular complexity index is 800. The normalized spacial score (nSPS) is 17.4. The first-order valence-corrected chi connectivity index (χ1v) is 9.67. The lowest BCUT2D eigenvalue weighted by Gasteiger charge is -2.35. The van der Waals surface area contributed by atoms with Gasteiger partial charge in [-0.1, -0.05) is 37.3 Å². The number of aromatic amines is 1. The zero-order valence-corrected chi connectivity index (χ0v) is 14.8. The van der Waals surface area contributed by atoms with Crippen molar-refractivity contribution in [3.05, 3.63) is 42.2 Å². The van der Waals surface area contributed by atoms with Crippen LogP contribution in [0.3, 0.4) is 0 Å². The number of piperazine rings is 1. The second-order valence-corrected chi connectivity index (χ2v) is 7.74. The number of carbonyl (C=O) groups is 1. The van der Waals surface area contributed by atoms with Crippen LogP contribution in [0.1, 0.15) is 24.8 Å². The summed E-state index contributed by atoms with van der Waals surface area (Å²) in [5.41, 5.74) is 0.992. The molecule has 25 heavy (non-hydrogen) atoms. The van der Waals surface area contributed by atoms with Crippen molar-refractivity contribution in [2.75, 3.05) is 26.2 Å². The summed E-state index contributed by atoms with van der Waals surface area (Å²) in [5.74, 6) is -0.149. The van der Waals surface area contributed by atoms with Gasteiger partial charge in [0.2, 0.25) is 5.91 Å². The third-order valence-corrected chi connectivity index (χ3v) is 6.17. The summed E-state index contributed by atoms with van der Waals surface area (Å²) < 4.78 is 26.2. The molecule has 1 aliphatic heterocycles. The molecule has 1 aromatic heterocycles. The van der Waals surface area contributed by atoms with Crippen LogP contribution in [0.25, 0.3) is 0 Å². The average molecular weight is 363 g/mol. The SMILES string of the molecule is CCC(C(=O)N1CCN(S(=O)(=O)c2ncn[nH]2)CC1)c1ccccc1. The van der Waals surface area contributed by atoms with Crippen LogP contribution >= 0.6 is 0 Å². The van der Waals surface area contributed by atoms with E-state index in [1.54, 1.807) is 4.90 Å². The molecule has 1 saturated heterocycles. The Balaban J connectivity index is 1.67. The van der Waals surface area contributed by atoms with E-state index in [0.717, 1.165) is 5.56 Å². The van der Waals surface area contributed by atoms with Crippen LogP contribution in [0.2, 0.25) is 0 Å². The summed E-state index contributed by atoms with van der Waals surface area (Å²) in [5, 5.41) is 5.81. The fraction of sp³-hybridized carbons (Fsp3) is 0.438. The fourth-order valence-corrected chi connectivity index (χ4v) is 4.29. The van der Waals surface area contributed by atoms with Crippen molar-refractivity contribution >= 4 is 15.9 Å². The highest BCUT2D eigenvalue weighted by Crippen LogP contribution is 2.23. The van der Waals surface area contributed by atoms with Crippen LogP contribution in [0.4, 0.5) is 0 Å². The molecule has 2 aromatic rings. The third kappa shape index (κ3) is 3.57. The minimum atomic E-state index is -3.68. The van der Waals surface area contributed by atoms with Crippen molar-refractivity contribution in [2.24, 2.45) is 0 Å². The van der Waals surface area contributed by atoms with Gasteiger partial charge in [0.15, 0.2) is 0 Å². The van der Waals surface area contributed by atoms with Gasteiger partial charge in [0.1, 0.15) is 6.33 Å². The smallest absolute Gasteiger partial charge is 0.278 e. The lowest BCUT2D eigenvalue weighted by molar-refractivity contribution is -0.134. The largest absolute Gasteiger partial charge is 0.340 e. The molecule has 8 nitrogen and oxygen atoms in total. The zero-order valence-electron chi connectivity index (χ0n) is 14.0. The van der Waals surface area contributed by atoms with E-state index < -0.39 is 10.0 Å². The van der Waals surface area contributed by atoms with Gasteiger partial charge in [-0.05, 0) is 12.0 Å². The molecule has 1 amide bonds. The van der Waals surface area contributed by atoms with E-state index in [0.29, 0.717) is 19.5 Å². The number of H-pyrrole nitrogens is 1. The predicted octanol–water partition coefficient (Wildman–Crippen LogP) is 0.831. The van der Waals surface area contributed by atoms with E-state index in [1.807, 2.05) is 37.3 Å². The first-order chi connectivity index (χ1) is 12.0. The van der Waals surface area contributed by atoms with Gasteiger partial charge in [0.25, 0.3) is 15.2 Å². The van der Waals surface area contributed by atoms with Crippen molar-refractivity contribution in [2.45, 2.75) is 24.4 Å². The van der Waals surface area contributed by atoms with Crippen LogP contribution < -0.4 is 0 Å². The summed E-state index contributed by atoms with van der Waals surface area (Å²) in [6.45, 7) is 3.23. The number of nitrogens with zero attached hydrogens (tertiary/aromatic N) is 4. The van der Waals surface area contributed by atoms with E-state index in [4.69, 9.17) is 0 Å². The average Bonchev–Trinajstić information content (AvgIpc) is 3.19. The molecule has 1 fully saturated rings. The molecule has 2 heterocycles. The second-order valence-electron chi connectivity index (χ2n) is 5.89. The van der Waals surface area contributed by atoms with Gasteiger partial charge in [-0.15, -0.1) is 0 Å². The van der Waals surface area contributed by atoms with Crippen LogP contribution in [-0.4, -0.2) is 64.9 Å². The minimum Gasteiger partial charge on any atom is -0.340 e. The summed E-state index contributed by atoms with van der Waals surface area (Å²) in [4.78, 5) is 18.3. The van der Waals surface area contributed by atoms with Gasteiger partial charge in [-0.25, -0.2) is 18.5 Å². The van der Waals surface area contributed by atoms with Crippen LogP contribution in [0.5, 0.6) is 0 Å². The Morgan fingerprint density at radius 2 is 1.88 bits per heavy atom. The molecule has 3 rings (SSSR count). The number of sulfonamides is 1. The highest BCUT2D eigenvalue weighted by Gasteiger charge is 2.33. The maximum atomic E-state index is 12.8. The molecular formula is C16H21N5O3S. The van der Waals surface area contributed by atoms with E-state index in [9.17, 15) is 13.2 Å². The molecule has 0 aliphatic carbocycles. The highest BCUT2D eigenvalue weighted by molar-refractivity contribution is 7.88. The second kappa shape index (κ2) is 7.32.